The smallest absolute Gasteiger partial charge is 0.243 e. The standard InChI is InChI=1S/C18H29N3O5S/c1-13(18(22)19-14-8-10-20(2)11-9-14)21(27(5,23)24)16-12-15(25-3)6-7-17(16)26-4/h6-7,12-14H,8-11H2,1-5H3,(H,19,22). The van der Waals surface area contributed by atoms with Gasteiger partial charge < -0.3 is 19.7 Å². The third-order valence-electron chi connectivity index (χ3n) is 4.78. The molecule has 1 aromatic carbocycles. The maximum absolute atomic E-state index is 12.8. The van der Waals surface area contributed by atoms with Crippen LogP contribution in [0.5, 0.6) is 11.5 Å². The molecule has 1 N–H and O–H groups in total. The van der Waals surface area contributed by atoms with Gasteiger partial charge in [0, 0.05) is 12.1 Å². The molecule has 1 amide bonds. The van der Waals surface area contributed by atoms with Crippen molar-refractivity contribution >= 4 is 21.6 Å². The summed E-state index contributed by atoms with van der Waals surface area (Å²) in [4.78, 5) is 15.0. The lowest BCUT2D eigenvalue weighted by Gasteiger charge is -2.33. The summed E-state index contributed by atoms with van der Waals surface area (Å²) in [6, 6.07) is 3.96. The number of rotatable bonds is 7. The number of benzene rings is 1. The number of nitrogens with one attached hydrogen (secondary N) is 1. The number of amides is 1. The van der Waals surface area contributed by atoms with Crippen LogP contribution < -0.4 is 19.1 Å². The second-order valence-electron chi connectivity index (χ2n) is 6.86. The summed E-state index contributed by atoms with van der Waals surface area (Å²) in [6.07, 6.45) is 2.76. The maximum atomic E-state index is 12.8. The number of carbonyl (C=O) groups is 1. The minimum Gasteiger partial charge on any atom is -0.497 e. The fourth-order valence-electron chi connectivity index (χ4n) is 3.22. The Kier molecular flexibility index (Phi) is 6.94. The minimum atomic E-state index is -3.74. The second kappa shape index (κ2) is 8.79. The molecule has 8 nitrogen and oxygen atoms in total. The Hall–Kier alpha value is -2.00. The topological polar surface area (TPSA) is 88.2 Å². The molecule has 1 aliphatic heterocycles. The molecule has 9 heteroatoms. The molecule has 1 heterocycles. The lowest BCUT2D eigenvalue weighted by atomic mass is 10.1. The van der Waals surface area contributed by atoms with Crippen molar-refractivity contribution in [1.82, 2.24) is 10.2 Å². The first kappa shape index (κ1) is 21.3. The van der Waals surface area contributed by atoms with Gasteiger partial charge in [-0.3, -0.25) is 9.10 Å². The molecule has 0 radical (unpaired) electrons. The molecule has 1 aliphatic rings. The molecule has 0 aromatic heterocycles. The average Bonchev–Trinajstić information content (AvgIpc) is 2.62. The largest absolute Gasteiger partial charge is 0.497 e. The van der Waals surface area contributed by atoms with Crippen molar-refractivity contribution in [1.29, 1.82) is 0 Å². The van der Waals surface area contributed by atoms with Gasteiger partial charge in [-0.2, -0.15) is 0 Å². The first-order chi connectivity index (χ1) is 12.7. The fraction of sp³-hybridized carbons (Fsp3) is 0.611. The van der Waals surface area contributed by atoms with E-state index < -0.39 is 16.1 Å². The highest BCUT2D eigenvalue weighted by atomic mass is 32.2. The molecule has 1 saturated heterocycles. The van der Waals surface area contributed by atoms with Crippen LogP contribution in [0.3, 0.4) is 0 Å². The first-order valence-corrected chi connectivity index (χ1v) is 10.7. The van der Waals surface area contributed by atoms with E-state index in [0.717, 1.165) is 36.5 Å². The highest BCUT2D eigenvalue weighted by Crippen LogP contribution is 2.35. The van der Waals surface area contributed by atoms with Crippen molar-refractivity contribution in [2.75, 3.05) is 44.9 Å². The normalized spacial score (nSPS) is 17.2. The van der Waals surface area contributed by atoms with Gasteiger partial charge >= 0.3 is 0 Å². The lowest BCUT2D eigenvalue weighted by molar-refractivity contribution is -0.122. The van der Waals surface area contributed by atoms with Gasteiger partial charge in [-0.05, 0) is 52.0 Å². The number of ether oxygens (including phenoxy) is 2. The molecule has 1 atom stereocenters. The van der Waals surface area contributed by atoms with Crippen molar-refractivity contribution in [3.63, 3.8) is 0 Å². The summed E-state index contributed by atoms with van der Waals surface area (Å²) >= 11 is 0. The number of sulfonamides is 1. The van der Waals surface area contributed by atoms with Crippen LogP contribution in [0.1, 0.15) is 19.8 Å². The molecule has 152 valence electrons. The van der Waals surface area contributed by atoms with Crippen LogP contribution in [0.25, 0.3) is 0 Å². The zero-order chi connectivity index (χ0) is 20.2. The minimum absolute atomic E-state index is 0.0461. The number of hydrogen-bond acceptors (Lipinski definition) is 6. The third-order valence-corrected chi connectivity index (χ3v) is 6.00. The monoisotopic (exact) mass is 399 g/mol. The molecule has 0 aliphatic carbocycles. The number of likely N-dealkylation sites (tertiary alicyclic amines) is 1. The third kappa shape index (κ3) is 5.26. The predicted molar refractivity (Wildman–Crippen MR) is 105 cm³/mol. The maximum Gasteiger partial charge on any atom is 0.243 e. The van der Waals surface area contributed by atoms with Crippen LogP contribution in [-0.2, 0) is 14.8 Å². The Morgan fingerprint density at radius 1 is 1.26 bits per heavy atom. The van der Waals surface area contributed by atoms with Gasteiger partial charge in [0.25, 0.3) is 0 Å². The van der Waals surface area contributed by atoms with E-state index >= 15 is 0 Å². The van der Waals surface area contributed by atoms with Gasteiger partial charge in [0.15, 0.2) is 0 Å². The summed E-state index contributed by atoms with van der Waals surface area (Å²) < 4.78 is 36.6. The van der Waals surface area contributed by atoms with E-state index in [1.54, 1.807) is 25.1 Å². The van der Waals surface area contributed by atoms with Gasteiger partial charge in [0.1, 0.15) is 17.5 Å². The number of anilines is 1. The van der Waals surface area contributed by atoms with Gasteiger partial charge in [-0.15, -0.1) is 0 Å². The number of piperidine rings is 1. The van der Waals surface area contributed by atoms with Crippen molar-refractivity contribution in [3.8, 4) is 11.5 Å². The Morgan fingerprint density at radius 3 is 2.41 bits per heavy atom. The quantitative estimate of drug-likeness (QED) is 0.738. The highest BCUT2D eigenvalue weighted by molar-refractivity contribution is 7.92. The van der Waals surface area contributed by atoms with E-state index in [-0.39, 0.29) is 17.6 Å². The Bertz CT molecular complexity index is 760. The van der Waals surface area contributed by atoms with Crippen molar-refractivity contribution < 1.29 is 22.7 Å². The van der Waals surface area contributed by atoms with Crippen molar-refractivity contribution in [2.24, 2.45) is 0 Å². The predicted octanol–water partition coefficient (Wildman–Crippen LogP) is 1.07. The second-order valence-corrected chi connectivity index (χ2v) is 8.72. The summed E-state index contributed by atoms with van der Waals surface area (Å²) in [5.41, 5.74) is 0.269. The molecule has 2 rings (SSSR count). The SMILES string of the molecule is COc1ccc(OC)c(N(C(C)C(=O)NC2CCN(C)CC2)S(C)(=O)=O)c1. The molecule has 1 unspecified atom stereocenters. The zero-order valence-corrected chi connectivity index (χ0v) is 17.4. The van der Waals surface area contributed by atoms with E-state index in [1.807, 2.05) is 7.05 Å². The molecule has 0 bridgehead atoms. The number of carbonyl (C=O) groups excluding carboxylic acids is 1. The van der Waals surface area contributed by atoms with Crippen LogP contribution in [0.15, 0.2) is 18.2 Å². The van der Waals surface area contributed by atoms with E-state index in [2.05, 4.69) is 10.2 Å². The summed E-state index contributed by atoms with van der Waals surface area (Å²) in [6.45, 7) is 3.38. The number of nitrogens with zero attached hydrogens (tertiary/aromatic N) is 2. The van der Waals surface area contributed by atoms with Gasteiger partial charge in [-0.25, -0.2) is 8.42 Å². The molecule has 1 fully saturated rings. The van der Waals surface area contributed by atoms with Crippen molar-refractivity contribution in [3.05, 3.63) is 18.2 Å². The van der Waals surface area contributed by atoms with E-state index in [1.165, 1.54) is 14.2 Å². The van der Waals surface area contributed by atoms with E-state index in [9.17, 15) is 13.2 Å². The van der Waals surface area contributed by atoms with Crippen LogP contribution in [0.4, 0.5) is 5.69 Å². The van der Waals surface area contributed by atoms with Gasteiger partial charge in [0.05, 0.1) is 26.2 Å². The van der Waals surface area contributed by atoms with Crippen LogP contribution in [0, 0.1) is 0 Å². The molecule has 27 heavy (non-hydrogen) atoms. The van der Waals surface area contributed by atoms with Gasteiger partial charge in [0.2, 0.25) is 15.9 Å². The highest BCUT2D eigenvalue weighted by Gasteiger charge is 2.33. The summed E-state index contributed by atoms with van der Waals surface area (Å²) in [5, 5.41) is 2.98. The first-order valence-electron chi connectivity index (χ1n) is 8.87. The van der Waals surface area contributed by atoms with Gasteiger partial charge in [-0.1, -0.05) is 0 Å². The summed E-state index contributed by atoms with van der Waals surface area (Å²) in [7, 11) is 1.25. The Labute approximate surface area is 161 Å². The van der Waals surface area contributed by atoms with Crippen LogP contribution in [0.2, 0.25) is 0 Å². The lowest BCUT2D eigenvalue weighted by Crippen LogP contribution is -2.52. The molecular weight excluding hydrogens is 370 g/mol. The number of hydrogen-bond donors (Lipinski definition) is 1. The number of methoxy groups -OCH3 is 2. The molecule has 0 saturated carbocycles. The van der Waals surface area contributed by atoms with Crippen LogP contribution >= 0.6 is 0 Å². The molecular formula is C18H29N3O5S. The van der Waals surface area contributed by atoms with E-state index in [4.69, 9.17) is 9.47 Å². The van der Waals surface area contributed by atoms with Crippen molar-refractivity contribution in [2.45, 2.75) is 31.8 Å². The molecule has 0 spiro atoms. The Balaban J connectivity index is 2.30. The summed E-state index contributed by atoms with van der Waals surface area (Å²) in [5.74, 6) is 0.488. The fourth-order valence-corrected chi connectivity index (χ4v) is 4.39. The Morgan fingerprint density at radius 2 is 1.89 bits per heavy atom. The average molecular weight is 400 g/mol. The molecule has 1 aromatic rings. The van der Waals surface area contributed by atoms with E-state index in [0.29, 0.717) is 11.5 Å². The zero-order valence-electron chi connectivity index (χ0n) is 16.6. The van der Waals surface area contributed by atoms with Crippen LogP contribution in [-0.4, -0.2) is 71.9 Å².